The Balaban J connectivity index is 2.32. The molecule has 0 aliphatic rings. The summed E-state index contributed by atoms with van der Waals surface area (Å²) in [6, 6.07) is 5.03. The standard InChI is InChI=1S/C11H15N3O3S2/c1-18(15)5-4-14-19(16,17)11-7-13-10-3-2-8(12)6-9(10)11/h2-3,6-7,13-14H,4-5,12H2,1H3. The maximum atomic E-state index is 12.1. The molecule has 0 saturated carbocycles. The van der Waals surface area contributed by atoms with Crippen LogP contribution in [0, 0.1) is 0 Å². The van der Waals surface area contributed by atoms with Gasteiger partial charge in [-0.1, -0.05) is 0 Å². The van der Waals surface area contributed by atoms with Crippen molar-refractivity contribution in [2.24, 2.45) is 0 Å². The van der Waals surface area contributed by atoms with Crippen molar-refractivity contribution >= 4 is 37.4 Å². The first-order chi connectivity index (χ1) is 8.90. The molecule has 0 fully saturated rings. The fourth-order valence-corrected chi connectivity index (χ4v) is 3.45. The molecular formula is C11H15N3O3S2. The van der Waals surface area contributed by atoms with Crippen molar-refractivity contribution in [3.05, 3.63) is 24.4 Å². The summed E-state index contributed by atoms with van der Waals surface area (Å²) in [4.78, 5) is 3.04. The van der Waals surface area contributed by atoms with Gasteiger partial charge in [0.15, 0.2) is 0 Å². The Morgan fingerprint density at radius 1 is 1.42 bits per heavy atom. The summed E-state index contributed by atoms with van der Waals surface area (Å²) >= 11 is 0. The van der Waals surface area contributed by atoms with Gasteiger partial charge in [0, 0.05) is 52.1 Å². The molecule has 0 amide bonds. The molecule has 0 radical (unpaired) electrons. The Morgan fingerprint density at radius 2 is 2.16 bits per heavy atom. The Morgan fingerprint density at radius 3 is 2.84 bits per heavy atom. The zero-order valence-corrected chi connectivity index (χ0v) is 12.0. The maximum absolute atomic E-state index is 12.1. The van der Waals surface area contributed by atoms with Crippen molar-refractivity contribution in [2.45, 2.75) is 4.90 Å². The molecule has 19 heavy (non-hydrogen) atoms. The molecule has 2 rings (SSSR count). The number of nitrogens with two attached hydrogens (primary N) is 1. The number of anilines is 1. The van der Waals surface area contributed by atoms with Crippen molar-refractivity contribution < 1.29 is 12.6 Å². The lowest BCUT2D eigenvalue weighted by molar-refractivity contribution is 0.585. The number of sulfonamides is 1. The van der Waals surface area contributed by atoms with Gasteiger partial charge in [-0.05, 0) is 18.2 Å². The van der Waals surface area contributed by atoms with Crippen LogP contribution in [0.25, 0.3) is 10.9 Å². The van der Waals surface area contributed by atoms with Crippen LogP contribution >= 0.6 is 0 Å². The van der Waals surface area contributed by atoms with Gasteiger partial charge in [-0.3, -0.25) is 4.21 Å². The Labute approximate surface area is 113 Å². The average molecular weight is 301 g/mol. The quantitative estimate of drug-likeness (QED) is 0.695. The fourth-order valence-electron chi connectivity index (χ4n) is 1.73. The summed E-state index contributed by atoms with van der Waals surface area (Å²) in [5.74, 6) is 0.281. The number of nitrogen functional groups attached to an aromatic ring is 1. The minimum Gasteiger partial charge on any atom is -0.399 e. The van der Waals surface area contributed by atoms with Crippen LogP contribution in [0.4, 0.5) is 5.69 Å². The highest BCUT2D eigenvalue weighted by Crippen LogP contribution is 2.24. The van der Waals surface area contributed by atoms with Crippen molar-refractivity contribution in [3.63, 3.8) is 0 Å². The maximum Gasteiger partial charge on any atom is 0.242 e. The van der Waals surface area contributed by atoms with Gasteiger partial charge in [0.2, 0.25) is 10.0 Å². The van der Waals surface area contributed by atoms with Crippen molar-refractivity contribution in [2.75, 3.05) is 24.3 Å². The molecule has 8 heteroatoms. The van der Waals surface area contributed by atoms with Crippen molar-refractivity contribution in [1.29, 1.82) is 0 Å². The molecule has 1 unspecified atom stereocenters. The molecule has 1 heterocycles. The van der Waals surface area contributed by atoms with E-state index in [9.17, 15) is 12.6 Å². The zero-order valence-electron chi connectivity index (χ0n) is 10.3. The lowest BCUT2D eigenvalue weighted by Crippen LogP contribution is -2.27. The van der Waals surface area contributed by atoms with Gasteiger partial charge >= 0.3 is 0 Å². The first-order valence-corrected chi connectivity index (χ1v) is 8.77. The van der Waals surface area contributed by atoms with Crippen LogP contribution in [-0.4, -0.2) is 36.2 Å². The van der Waals surface area contributed by atoms with E-state index in [4.69, 9.17) is 5.73 Å². The number of nitrogens with one attached hydrogen (secondary N) is 2. The van der Waals surface area contributed by atoms with E-state index >= 15 is 0 Å². The summed E-state index contributed by atoms with van der Waals surface area (Å²) in [5, 5.41) is 0.546. The van der Waals surface area contributed by atoms with E-state index in [0.717, 1.165) is 0 Å². The smallest absolute Gasteiger partial charge is 0.242 e. The molecule has 1 aromatic carbocycles. The second-order valence-electron chi connectivity index (χ2n) is 4.13. The van der Waals surface area contributed by atoms with E-state index in [0.29, 0.717) is 16.6 Å². The molecule has 1 aromatic heterocycles. The average Bonchev–Trinajstić information content (AvgIpc) is 2.71. The largest absolute Gasteiger partial charge is 0.399 e. The SMILES string of the molecule is CS(=O)CCNS(=O)(=O)c1c[nH]c2ccc(N)cc12. The van der Waals surface area contributed by atoms with Gasteiger partial charge in [-0.15, -0.1) is 0 Å². The molecule has 6 nitrogen and oxygen atoms in total. The predicted octanol–water partition coefficient (Wildman–Crippen LogP) is 0.407. The third-order valence-corrected chi connectivity index (χ3v) is 4.92. The second kappa shape index (κ2) is 5.32. The molecule has 0 aliphatic carbocycles. The number of rotatable bonds is 5. The highest BCUT2D eigenvalue weighted by Gasteiger charge is 2.18. The number of H-pyrrole nitrogens is 1. The van der Waals surface area contributed by atoms with Crippen LogP contribution in [0.1, 0.15) is 0 Å². The molecule has 0 spiro atoms. The first-order valence-electron chi connectivity index (χ1n) is 5.56. The molecule has 0 saturated heterocycles. The van der Waals surface area contributed by atoms with Crippen molar-refractivity contribution in [3.8, 4) is 0 Å². The summed E-state index contributed by atoms with van der Waals surface area (Å²) < 4.78 is 37.6. The molecule has 0 bridgehead atoms. The van der Waals surface area contributed by atoms with Crippen LogP contribution in [0.5, 0.6) is 0 Å². The number of fused-ring (bicyclic) bond motifs is 1. The van der Waals surface area contributed by atoms with Gasteiger partial charge in [0.25, 0.3) is 0 Å². The van der Waals surface area contributed by atoms with Crippen LogP contribution in [0.2, 0.25) is 0 Å². The van der Waals surface area contributed by atoms with Crippen molar-refractivity contribution in [1.82, 2.24) is 9.71 Å². The van der Waals surface area contributed by atoms with E-state index in [1.807, 2.05) is 0 Å². The monoisotopic (exact) mass is 301 g/mol. The Kier molecular flexibility index (Phi) is 3.93. The van der Waals surface area contributed by atoms with E-state index in [-0.39, 0.29) is 17.2 Å². The third-order valence-electron chi connectivity index (χ3n) is 2.64. The van der Waals surface area contributed by atoms with E-state index in [1.54, 1.807) is 18.2 Å². The number of hydrogen-bond donors (Lipinski definition) is 3. The molecule has 104 valence electrons. The minimum absolute atomic E-state index is 0.139. The molecular weight excluding hydrogens is 286 g/mol. The Hall–Kier alpha value is -1.38. The molecule has 2 aromatic rings. The summed E-state index contributed by atoms with van der Waals surface area (Å²) in [5.41, 5.74) is 6.87. The zero-order chi connectivity index (χ0) is 14.0. The predicted molar refractivity (Wildman–Crippen MR) is 76.8 cm³/mol. The molecule has 4 N–H and O–H groups in total. The third kappa shape index (κ3) is 3.14. The van der Waals surface area contributed by atoms with Crippen LogP contribution in [0.3, 0.4) is 0 Å². The van der Waals surface area contributed by atoms with Gasteiger partial charge < -0.3 is 10.7 Å². The van der Waals surface area contributed by atoms with Gasteiger partial charge in [0.1, 0.15) is 4.90 Å². The van der Waals surface area contributed by atoms with E-state index < -0.39 is 20.8 Å². The molecule has 1 atom stereocenters. The normalized spacial score (nSPS) is 13.7. The summed E-state index contributed by atoms with van der Waals surface area (Å²) in [6.45, 7) is 0.139. The lowest BCUT2D eigenvalue weighted by atomic mass is 10.2. The molecule has 0 aliphatic heterocycles. The van der Waals surface area contributed by atoms with Crippen LogP contribution in [-0.2, 0) is 20.8 Å². The first kappa shape index (κ1) is 14.0. The van der Waals surface area contributed by atoms with E-state index in [1.165, 1.54) is 12.5 Å². The summed E-state index contributed by atoms with van der Waals surface area (Å²) in [6.07, 6.45) is 2.95. The van der Waals surface area contributed by atoms with Crippen LogP contribution < -0.4 is 10.5 Å². The topological polar surface area (TPSA) is 105 Å². The van der Waals surface area contributed by atoms with Crippen LogP contribution in [0.15, 0.2) is 29.3 Å². The van der Waals surface area contributed by atoms with Gasteiger partial charge in [-0.2, -0.15) is 0 Å². The van der Waals surface area contributed by atoms with Gasteiger partial charge in [0.05, 0.1) is 0 Å². The highest BCUT2D eigenvalue weighted by atomic mass is 32.2. The second-order valence-corrected chi connectivity index (χ2v) is 7.42. The number of aromatic nitrogens is 1. The number of aromatic amines is 1. The lowest BCUT2D eigenvalue weighted by Gasteiger charge is -2.04. The summed E-state index contributed by atoms with van der Waals surface area (Å²) in [7, 11) is -4.66. The number of benzene rings is 1. The minimum atomic E-state index is -3.63. The Bertz CT molecular complexity index is 722. The highest BCUT2D eigenvalue weighted by molar-refractivity contribution is 7.89. The fraction of sp³-hybridized carbons (Fsp3) is 0.273. The number of hydrogen-bond acceptors (Lipinski definition) is 4. The van der Waals surface area contributed by atoms with Gasteiger partial charge in [-0.25, -0.2) is 13.1 Å². The van der Waals surface area contributed by atoms with E-state index in [2.05, 4.69) is 9.71 Å².